The molecule has 154 valence electrons. The molecule has 1 N–H and O–H groups in total. The van der Waals surface area contributed by atoms with E-state index in [-0.39, 0.29) is 23.5 Å². The van der Waals surface area contributed by atoms with Crippen molar-refractivity contribution in [2.75, 3.05) is 13.1 Å². The zero-order chi connectivity index (χ0) is 21.3. The number of hydrogen-bond acceptors (Lipinski definition) is 2. The third-order valence-corrected chi connectivity index (χ3v) is 5.62. The number of aromatic nitrogens is 1. The fraction of sp³-hybridized carbons (Fsp3) is 0.250. The SMILES string of the molecule is Cc1ccc(F)c2c(=O)[nH]c(CCC(=O)N3CC=C(c4ccccc4F)CC3)cc12. The number of pyridine rings is 1. The van der Waals surface area contributed by atoms with Gasteiger partial charge in [-0.05, 0) is 54.5 Å². The summed E-state index contributed by atoms with van der Waals surface area (Å²) in [5.41, 5.74) is 2.43. The maximum Gasteiger partial charge on any atom is 0.259 e. The molecule has 0 spiro atoms. The van der Waals surface area contributed by atoms with Crippen LogP contribution in [0, 0.1) is 18.6 Å². The Morgan fingerprint density at radius 1 is 1.13 bits per heavy atom. The van der Waals surface area contributed by atoms with Gasteiger partial charge in [0.25, 0.3) is 5.56 Å². The monoisotopic (exact) mass is 408 g/mol. The van der Waals surface area contributed by atoms with Crippen molar-refractivity contribution in [1.82, 2.24) is 9.88 Å². The van der Waals surface area contributed by atoms with E-state index in [1.165, 1.54) is 12.1 Å². The molecule has 0 unspecified atom stereocenters. The quantitative estimate of drug-likeness (QED) is 0.697. The van der Waals surface area contributed by atoms with Gasteiger partial charge in [0.05, 0.1) is 5.39 Å². The number of fused-ring (bicyclic) bond motifs is 1. The minimum absolute atomic E-state index is 0.0317. The fourth-order valence-electron chi connectivity index (χ4n) is 3.93. The van der Waals surface area contributed by atoms with Crippen molar-refractivity contribution in [2.45, 2.75) is 26.2 Å². The van der Waals surface area contributed by atoms with Crippen molar-refractivity contribution < 1.29 is 13.6 Å². The molecule has 0 saturated heterocycles. The predicted octanol–water partition coefficient (Wildman–Crippen LogP) is 4.36. The third-order valence-electron chi connectivity index (χ3n) is 5.62. The van der Waals surface area contributed by atoms with Crippen molar-refractivity contribution >= 4 is 22.3 Å². The molecular weight excluding hydrogens is 386 g/mol. The molecule has 0 atom stereocenters. The van der Waals surface area contributed by atoms with Crippen LogP contribution in [0.4, 0.5) is 8.78 Å². The number of aryl methyl sites for hydroxylation is 2. The van der Waals surface area contributed by atoms with E-state index in [9.17, 15) is 18.4 Å². The number of H-pyrrole nitrogens is 1. The highest BCUT2D eigenvalue weighted by Crippen LogP contribution is 2.25. The zero-order valence-corrected chi connectivity index (χ0v) is 16.7. The summed E-state index contributed by atoms with van der Waals surface area (Å²) in [6.07, 6.45) is 3.08. The molecule has 1 aliphatic rings. The summed E-state index contributed by atoms with van der Waals surface area (Å²) in [5.74, 6) is -0.837. The largest absolute Gasteiger partial charge is 0.339 e. The average Bonchev–Trinajstić information content (AvgIpc) is 2.75. The van der Waals surface area contributed by atoms with Gasteiger partial charge in [-0.15, -0.1) is 0 Å². The second-order valence-corrected chi connectivity index (χ2v) is 7.58. The molecule has 3 aromatic rings. The number of nitrogens with one attached hydrogen (secondary N) is 1. The Bertz CT molecular complexity index is 1210. The Morgan fingerprint density at radius 3 is 2.67 bits per heavy atom. The molecule has 2 aromatic carbocycles. The average molecular weight is 408 g/mol. The highest BCUT2D eigenvalue weighted by molar-refractivity contribution is 5.85. The van der Waals surface area contributed by atoms with E-state index >= 15 is 0 Å². The first-order valence-electron chi connectivity index (χ1n) is 9.97. The van der Waals surface area contributed by atoms with Crippen LogP contribution in [-0.2, 0) is 11.2 Å². The number of amides is 1. The van der Waals surface area contributed by atoms with Crippen molar-refractivity contribution in [1.29, 1.82) is 0 Å². The van der Waals surface area contributed by atoms with E-state index < -0.39 is 11.4 Å². The lowest BCUT2D eigenvalue weighted by molar-refractivity contribution is -0.130. The van der Waals surface area contributed by atoms with Crippen LogP contribution >= 0.6 is 0 Å². The summed E-state index contributed by atoms with van der Waals surface area (Å²) < 4.78 is 27.9. The van der Waals surface area contributed by atoms with Crippen LogP contribution in [0.5, 0.6) is 0 Å². The molecule has 2 heterocycles. The molecule has 1 amide bonds. The third kappa shape index (κ3) is 3.90. The van der Waals surface area contributed by atoms with E-state index in [1.807, 2.05) is 13.0 Å². The van der Waals surface area contributed by atoms with Gasteiger partial charge in [0.1, 0.15) is 11.6 Å². The number of benzene rings is 2. The number of halogens is 2. The molecule has 0 bridgehead atoms. The van der Waals surface area contributed by atoms with Gasteiger partial charge in [-0.3, -0.25) is 9.59 Å². The molecule has 1 aliphatic heterocycles. The van der Waals surface area contributed by atoms with Crippen molar-refractivity contribution in [3.8, 4) is 0 Å². The van der Waals surface area contributed by atoms with Gasteiger partial charge >= 0.3 is 0 Å². The molecule has 30 heavy (non-hydrogen) atoms. The number of rotatable bonds is 4. The van der Waals surface area contributed by atoms with E-state index in [2.05, 4.69) is 4.98 Å². The Morgan fingerprint density at radius 2 is 1.93 bits per heavy atom. The Hall–Kier alpha value is -3.28. The highest BCUT2D eigenvalue weighted by atomic mass is 19.1. The van der Waals surface area contributed by atoms with Gasteiger partial charge in [-0.25, -0.2) is 8.78 Å². The van der Waals surface area contributed by atoms with Gasteiger partial charge in [0.2, 0.25) is 5.91 Å². The Labute approximate surface area is 172 Å². The standard InChI is InChI=1S/C24H22F2N2O2/c1-15-6-8-21(26)23-19(15)14-17(27-24(23)30)7-9-22(29)28-12-10-16(11-13-28)18-4-2-3-5-20(18)25/h2-6,8,10,14H,7,9,11-13H2,1H3,(H,27,30). The van der Waals surface area contributed by atoms with Crippen LogP contribution in [0.25, 0.3) is 16.3 Å². The smallest absolute Gasteiger partial charge is 0.259 e. The number of nitrogens with zero attached hydrogens (tertiary/aromatic N) is 1. The van der Waals surface area contributed by atoms with Crippen LogP contribution in [-0.4, -0.2) is 28.9 Å². The molecule has 0 saturated carbocycles. The lowest BCUT2D eigenvalue weighted by Crippen LogP contribution is -2.35. The maximum atomic E-state index is 14.0. The first kappa shape index (κ1) is 20.0. The van der Waals surface area contributed by atoms with Crippen molar-refractivity contribution in [2.24, 2.45) is 0 Å². The molecule has 0 fully saturated rings. The molecule has 0 radical (unpaired) electrons. The van der Waals surface area contributed by atoms with Crippen molar-refractivity contribution in [3.05, 3.63) is 87.3 Å². The molecule has 4 nitrogen and oxygen atoms in total. The summed E-state index contributed by atoms with van der Waals surface area (Å²) in [5, 5.41) is 0.614. The van der Waals surface area contributed by atoms with Gasteiger partial charge in [0.15, 0.2) is 0 Å². The van der Waals surface area contributed by atoms with Crippen LogP contribution in [0.1, 0.15) is 29.7 Å². The zero-order valence-electron chi connectivity index (χ0n) is 16.7. The number of aromatic amines is 1. The van der Waals surface area contributed by atoms with Crippen LogP contribution in [0.3, 0.4) is 0 Å². The number of carbonyl (C=O) groups excluding carboxylic acids is 1. The van der Waals surface area contributed by atoms with Gasteiger partial charge in [-0.1, -0.05) is 30.3 Å². The molecule has 4 rings (SSSR count). The summed E-state index contributed by atoms with van der Waals surface area (Å²) >= 11 is 0. The second kappa shape index (κ2) is 8.22. The van der Waals surface area contributed by atoms with Gasteiger partial charge in [-0.2, -0.15) is 0 Å². The molecule has 1 aromatic heterocycles. The summed E-state index contributed by atoms with van der Waals surface area (Å²) in [4.78, 5) is 29.3. The summed E-state index contributed by atoms with van der Waals surface area (Å²) in [6, 6.07) is 11.3. The lowest BCUT2D eigenvalue weighted by atomic mass is 9.98. The number of carbonyl (C=O) groups is 1. The van der Waals surface area contributed by atoms with Gasteiger partial charge < -0.3 is 9.88 Å². The first-order valence-corrected chi connectivity index (χ1v) is 9.97. The Balaban J connectivity index is 1.44. The minimum atomic E-state index is -0.551. The van der Waals surface area contributed by atoms with Crippen LogP contribution in [0.15, 0.2) is 53.3 Å². The second-order valence-electron chi connectivity index (χ2n) is 7.58. The van der Waals surface area contributed by atoms with E-state index in [0.29, 0.717) is 42.6 Å². The van der Waals surface area contributed by atoms with Crippen LogP contribution in [0.2, 0.25) is 0 Å². The summed E-state index contributed by atoms with van der Waals surface area (Å²) in [6.45, 7) is 2.78. The first-order chi connectivity index (χ1) is 14.4. The van der Waals surface area contributed by atoms with Gasteiger partial charge in [0, 0.05) is 30.8 Å². The van der Waals surface area contributed by atoms with E-state index in [0.717, 1.165) is 11.1 Å². The summed E-state index contributed by atoms with van der Waals surface area (Å²) in [7, 11) is 0. The molecule has 0 aliphatic carbocycles. The Kier molecular flexibility index (Phi) is 5.48. The predicted molar refractivity (Wildman–Crippen MR) is 113 cm³/mol. The molecule has 6 heteroatoms. The molecular formula is C24H22F2N2O2. The van der Waals surface area contributed by atoms with Crippen molar-refractivity contribution in [3.63, 3.8) is 0 Å². The number of hydrogen-bond donors (Lipinski definition) is 1. The maximum absolute atomic E-state index is 14.0. The van der Waals surface area contributed by atoms with Crippen LogP contribution < -0.4 is 5.56 Å². The minimum Gasteiger partial charge on any atom is -0.339 e. The lowest BCUT2D eigenvalue weighted by Gasteiger charge is -2.27. The topological polar surface area (TPSA) is 53.2 Å². The fourth-order valence-corrected chi connectivity index (χ4v) is 3.93. The highest BCUT2D eigenvalue weighted by Gasteiger charge is 2.19. The van der Waals surface area contributed by atoms with E-state index in [1.54, 1.807) is 35.2 Å². The normalized spacial score (nSPS) is 14.1. The van der Waals surface area contributed by atoms with E-state index in [4.69, 9.17) is 0 Å².